The van der Waals surface area contributed by atoms with Crippen molar-refractivity contribution in [3.63, 3.8) is 0 Å². The van der Waals surface area contributed by atoms with Gasteiger partial charge in [0.25, 0.3) is 0 Å². The first-order chi connectivity index (χ1) is 11.8. The van der Waals surface area contributed by atoms with Gasteiger partial charge in [0.15, 0.2) is 0 Å². The lowest BCUT2D eigenvalue weighted by Crippen LogP contribution is -2.40. The Hall–Kier alpha value is -1.44. The van der Waals surface area contributed by atoms with Gasteiger partial charge in [-0.2, -0.15) is 0 Å². The Morgan fingerprint density at radius 1 is 1.16 bits per heavy atom. The number of hydrogen-bond acceptors (Lipinski definition) is 4. The number of hydrogen-bond donors (Lipinski definition) is 2. The highest BCUT2D eigenvalue weighted by molar-refractivity contribution is 7.89. The van der Waals surface area contributed by atoms with E-state index in [1.165, 1.54) is 25.5 Å². The maximum absolute atomic E-state index is 12.3. The molecule has 2 atom stereocenters. The number of anilines is 1. The first kappa shape index (κ1) is 19.9. The minimum atomic E-state index is -3.51. The van der Waals surface area contributed by atoms with E-state index in [0.29, 0.717) is 24.1 Å². The van der Waals surface area contributed by atoms with E-state index >= 15 is 0 Å². The molecule has 7 heteroatoms. The van der Waals surface area contributed by atoms with Crippen molar-refractivity contribution in [1.29, 1.82) is 0 Å². The van der Waals surface area contributed by atoms with Crippen LogP contribution in [0, 0.1) is 11.8 Å². The third-order valence-electron chi connectivity index (χ3n) is 4.37. The molecule has 0 aromatic heterocycles. The summed E-state index contributed by atoms with van der Waals surface area (Å²) < 4.78 is 27.3. The molecule has 2 rings (SSSR count). The molecule has 0 saturated carbocycles. The summed E-state index contributed by atoms with van der Waals surface area (Å²) in [6.45, 7) is 9.50. The number of carbonyl (C=O) groups excluding carboxylic acids is 1. The molecule has 1 heterocycles. The van der Waals surface area contributed by atoms with Crippen LogP contribution in [0.5, 0.6) is 0 Å². The Morgan fingerprint density at radius 3 is 2.32 bits per heavy atom. The molecule has 2 N–H and O–H groups in total. The van der Waals surface area contributed by atoms with Crippen LogP contribution in [0.25, 0.3) is 0 Å². The van der Waals surface area contributed by atoms with Gasteiger partial charge in [0.2, 0.25) is 15.9 Å². The van der Waals surface area contributed by atoms with Crippen molar-refractivity contribution in [3.05, 3.63) is 24.3 Å². The smallest absolute Gasteiger partial charge is 0.240 e. The number of benzene rings is 1. The number of amides is 1. The Balaban J connectivity index is 1.80. The highest BCUT2D eigenvalue weighted by Gasteiger charge is 2.21. The van der Waals surface area contributed by atoms with Crippen molar-refractivity contribution < 1.29 is 13.2 Å². The number of nitrogens with zero attached hydrogens (tertiary/aromatic N) is 1. The molecule has 1 aromatic rings. The zero-order valence-corrected chi connectivity index (χ0v) is 16.1. The average molecular weight is 368 g/mol. The lowest BCUT2D eigenvalue weighted by atomic mass is 9.92. The molecule has 25 heavy (non-hydrogen) atoms. The molecule has 0 aliphatic carbocycles. The second-order valence-corrected chi connectivity index (χ2v) is 8.93. The summed E-state index contributed by atoms with van der Waals surface area (Å²) in [5, 5.41) is 2.62. The van der Waals surface area contributed by atoms with Crippen LogP contribution in [0.15, 0.2) is 29.2 Å². The number of carbonyl (C=O) groups is 1. The van der Waals surface area contributed by atoms with Gasteiger partial charge in [0.1, 0.15) is 0 Å². The number of nitrogens with one attached hydrogen (secondary N) is 2. The molecule has 1 aromatic carbocycles. The molecule has 1 fully saturated rings. The fourth-order valence-corrected chi connectivity index (χ4v) is 4.56. The highest BCUT2D eigenvalue weighted by atomic mass is 32.2. The van der Waals surface area contributed by atoms with E-state index < -0.39 is 10.0 Å². The first-order valence-electron chi connectivity index (χ1n) is 8.86. The monoisotopic (exact) mass is 367 g/mol. The van der Waals surface area contributed by atoms with E-state index in [2.05, 4.69) is 28.8 Å². The molecular formula is C18H29N3O3S. The summed E-state index contributed by atoms with van der Waals surface area (Å²) >= 11 is 0. The predicted octanol–water partition coefficient (Wildman–Crippen LogP) is 2.29. The molecule has 1 amide bonds. The van der Waals surface area contributed by atoms with E-state index in [4.69, 9.17) is 0 Å². The van der Waals surface area contributed by atoms with Gasteiger partial charge < -0.3 is 10.2 Å². The third-order valence-corrected chi connectivity index (χ3v) is 5.85. The fourth-order valence-electron chi connectivity index (χ4n) is 3.49. The Labute approximate surface area is 151 Å². The normalized spacial score (nSPS) is 21.9. The maximum atomic E-state index is 12.3. The standard InChI is InChI=1S/C18H29N3O3S/c1-14-11-15(2)13-21(12-14)10-4-9-19-25(23,24)18-7-5-17(6-8-18)20-16(3)22/h5-8,14-15,19H,4,9-13H2,1-3H3,(H,20,22)/t14-,15-/m1/s1. The van der Waals surface area contributed by atoms with Gasteiger partial charge in [0, 0.05) is 32.2 Å². The van der Waals surface area contributed by atoms with Gasteiger partial charge in [-0.3, -0.25) is 4.79 Å². The Kier molecular flexibility index (Phi) is 6.98. The summed E-state index contributed by atoms with van der Waals surface area (Å²) in [6.07, 6.45) is 2.07. The molecule has 0 bridgehead atoms. The van der Waals surface area contributed by atoms with Gasteiger partial charge in [0.05, 0.1) is 4.90 Å². The molecule has 0 radical (unpaired) electrons. The number of rotatable bonds is 7. The lowest BCUT2D eigenvalue weighted by Gasteiger charge is -2.34. The average Bonchev–Trinajstić information content (AvgIpc) is 2.51. The second kappa shape index (κ2) is 8.78. The summed E-state index contributed by atoms with van der Waals surface area (Å²) in [4.78, 5) is 13.6. The van der Waals surface area contributed by atoms with Crippen molar-refractivity contribution >= 4 is 21.6 Å². The van der Waals surface area contributed by atoms with Gasteiger partial charge in [-0.25, -0.2) is 13.1 Å². The number of piperidine rings is 1. The van der Waals surface area contributed by atoms with E-state index in [1.807, 2.05) is 0 Å². The zero-order valence-electron chi connectivity index (χ0n) is 15.3. The second-order valence-electron chi connectivity index (χ2n) is 7.16. The zero-order chi connectivity index (χ0) is 18.4. The van der Waals surface area contributed by atoms with Crippen molar-refractivity contribution in [2.75, 3.05) is 31.5 Å². The van der Waals surface area contributed by atoms with Crippen LogP contribution in [0.3, 0.4) is 0 Å². The fraction of sp³-hybridized carbons (Fsp3) is 0.611. The molecule has 0 spiro atoms. The lowest BCUT2D eigenvalue weighted by molar-refractivity contribution is -0.114. The van der Waals surface area contributed by atoms with E-state index in [1.54, 1.807) is 12.1 Å². The summed E-state index contributed by atoms with van der Waals surface area (Å²) in [5.41, 5.74) is 0.583. The minimum absolute atomic E-state index is 0.185. The van der Waals surface area contributed by atoms with Gasteiger partial charge in [-0.1, -0.05) is 13.8 Å². The summed E-state index contributed by atoms with van der Waals surface area (Å²) in [6, 6.07) is 6.18. The molecular weight excluding hydrogens is 338 g/mol. The molecule has 6 nitrogen and oxygen atoms in total. The predicted molar refractivity (Wildman–Crippen MR) is 99.9 cm³/mol. The van der Waals surface area contributed by atoms with E-state index in [9.17, 15) is 13.2 Å². The van der Waals surface area contributed by atoms with E-state index in [-0.39, 0.29) is 10.8 Å². The highest BCUT2D eigenvalue weighted by Crippen LogP contribution is 2.20. The topological polar surface area (TPSA) is 78.5 Å². The van der Waals surface area contributed by atoms with Crippen LogP contribution in [-0.4, -0.2) is 45.4 Å². The summed E-state index contributed by atoms with van der Waals surface area (Å²) in [5.74, 6) is 1.24. The van der Waals surface area contributed by atoms with Crippen molar-refractivity contribution in [2.24, 2.45) is 11.8 Å². The van der Waals surface area contributed by atoms with Gasteiger partial charge >= 0.3 is 0 Å². The molecule has 140 valence electrons. The van der Waals surface area contributed by atoms with Crippen molar-refractivity contribution in [1.82, 2.24) is 9.62 Å². The first-order valence-corrected chi connectivity index (χ1v) is 10.3. The van der Waals surface area contributed by atoms with Crippen molar-refractivity contribution in [2.45, 2.75) is 38.5 Å². The third kappa shape index (κ3) is 6.41. The minimum Gasteiger partial charge on any atom is -0.326 e. The van der Waals surface area contributed by atoms with Crippen LogP contribution < -0.4 is 10.0 Å². The van der Waals surface area contributed by atoms with Crippen LogP contribution in [0.2, 0.25) is 0 Å². The molecule has 1 saturated heterocycles. The number of likely N-dealkylation sites (tertiary alicyclic amines) is 1. The van der Waals surface area contributed by atoms with E-state index in [0.717, 1.165) is 26.1 Å². The van der Waals surface area contributed by atoms with Gasteiger partial charge in [-0.15, -0.1) is 0 Å². The van der Waals surface area contributed by atoms with Crippen LogP contribution in [-0.2, 0) is 14.8 Å². The largest absolute Gasteiger partial charge is 0.326 e. The molecule has 1 aliphatic heterocycles. The Morgan fingerprint density at radius 2 is 1.76 bits per heavy atom. The molecule has 1 aliphatic rings. The maximum Gasteiger partial charge on any atom is 0.240 e. The quantitative estimate of drug-likeness (QED) is 0.725. The van der Waals surface area contributed by atoms with Crippen molar-refractivity contribution in [3.8, 4) is 0 Å². The summed E-state index contributed by atoms with van der Waals surface area (Å²) in [7, 11) is -3.51. The molecule has 0 unspecified atom stereocenters. The van der Waals surface area contributed by atoms with Crippen LogP contribution in [0.1, 0.15) is 33.6 Å². The number of sulfonamides is 1. The van der Waals surface area contributed by atoms with Crippen LogP contribution >= 0.6 is 0 Å². The van der Waals surface area contributed by atoms with Gasteiger partial charge in [-0.05, 0) is 55.5 Å². The van der Waals surface area contributed by atoms with Crippen LogP contribution in [0.4, 0.5) is 5.69 Å². The SMILES string of the molecule is CC(=O)Nc1ccc(S(=O)(=O)NCCCN2C[C@H](C)C[C@@H](C)C2)cc1. The Bertz CT molecular complexity index is 663.